The fourth-order valence-electron chi connectivity index (χ4n) is 3.03. The van der Waals surface area contributed by atoms with Crippen LogP contribution in [0.2, 0.25) is 0 Å². The topological polar surface area (TPSA) is 108 Å². The summed E-state index contributed by atoms with van der Waals surface area (Å²) in [5.74, 6) is -1.35. The van der Waals surface area contributed by atoms with Crippen LogP contribution in [0.25, 0.3) is 0 Å². The van der Waals surface area contributed by atoms with Crippen molar-refractivity contribution in [3.8, 4) is 0 Å². The Morgan fingerprint density at radius 2 is 1.79 bits per heavy atom. The van der Waals surface area contributed by atoms with Crippen LogP contribution in [0.15, 0.2) is 65.7 Å². The molecule has 0 radical (unpaired) electrons. The molecule has 1 aromatic heterocycles. The van der Waals surface area contributed by atoms with Crippen LogP contribution in [0.5, 0.6) is 0 Å². The minimum atomic E-state index is -4.15. The van der Waals surface area contributed by atoms with Crippen LogP contribution in [0.1, 0.15) is 21.5 Å². The Labute approximate surface area is 191 Å². The molecule has 0 fully saturated rings. The maximum atomic E-state index is 13.9. The number of aromatic nitrogens is 1. The van der Waals surface area contributed by atoms with Gasteiger partial charge in [0.1, 0.15) is 11.6 Å². The molecular weight excluding hydrogens is 447 g/mol. The van der Waals surface area contributed by atoms with Gasteiger partial charge in [-0.2, -0.15) is 0 Å². The number of benzene rings is 2. The van der Waals surface area contributed by atoms with Gasteiger partial charge in [0, 0.05) is 18.8 Å². The van der Waals surface area contributed by atoms with Crippen molar-refractivity contribution in [3.05, 3.63) is 83.3 Å². The Hall–Kier alpha value is -3.79. The molecule has 3 aromatic rings. The molecule has 3 rings (SSSR count). The zero-order valence-corrected chi connectivity index (χ0v) is 19.1. The SMILES string of the molecule is Cc1ccnc(NC(=O)CN(C)C(=O)c2cc(S(=O)(=O)Nc3ccccc3F)ccc2C)c1. The average molecular weight is 471 g/mol. The van der Waals surface area contributed by atoms with Crippen LogP contribution in [0.4, 0.5) is 15.9 Å². The Balaban J connectivity index is 1.77. The number of nitrogens with one attached hydrogen (secondary N) is 2. The summed E-state index contributed by atoms with van der Waals surface area (Å²) in [5, 5.41) is 2.62. The second-order valence-corrected chi connectivity index (χ2v) is 9.17. The number of halogens is 1. The Morgan fingerprint density at radius 3 is 2.48 bits per heavy atom. The van der Waals surface area contributed by atoms with Crippen LogP contribution in [-0.4, -0.2) is 43.7 Å². The van der Waals surface area contributed by atoms with Crippen LogP contribution in [-0.2, 0) is 14.8 Å². The molecule has 0 unspecified atom stereocenters. The third-order valence-electron chi connectivity index (χ3n) is 4.78. The predicted molar refractivity (Wildman–Crippen MR) is 123 cm³/mol. The van der Waals surface area contributed by atoms with Crippen LogP contribution < -0.4 is 10.0 Å². The summed E-state index contributed by atoms with van der Waals surface area (Å²) in [6, 6.07) is 12.9. The molecule has 172 valence electrons. The van der Waals surface area contributed by atoms with Gasteiger partial charge >= 0.3 is 0 Å². The van der Waals surface area contributed by atoms with Crippen LogP contribution >= 0.6 is 0 Å². The van der Waals surface area contributed by atoms with Crippen molar-refractivity contribution in [1.29, 1.82) is 0 Å². The fourth-order valence-corrected chi connectivity index (χ4v) is 4.12. The quantitative estimate of drug-likeness (QED) is 0.551. The van der Waals surface area contributed by atoms with Crippen molar-refractivity contribution in [3.63, 3.8) is 0 Å². The van der Waals surface area contributed by atoms with Gasteiger partial charge in [-0.3, -0.25) is 14.3 Å². The van der Waals surface area contributed by atoms with E-state index in [2.05, 4.69) is 15.0 Å². The fraction of sp³-hybridized carbons (Fsp3) is 0.174. The molecule has 0 aliphatic carbocycles. The molecule has 2 aromatic carbocycles. The highest BCUT2D eigenvalue weighted by Crippen LogP contribution is 2.22. The Kier molecular flexibility index (Phi) is 7.07. The summed E-state index contributed by atoms with van der Waals surface area (Å²) in [7, 11) is -2.72. The van der Waals surface area contributed by atoms with E-state index in [1.807, 2.05) is 6.92 Å². The average Bonchev–Trinajstić information content (AvgIpc) is 2.75. The number of carbonyl (C=O) groups excluding carboxylic acids is 2. The van der Waals surface area contributed by atoms with E-state index < -0.39 is 27.7 Å². The lowest BCUT2D eigenvalue weighted by molar-refractivity contribution is -0.116. The highest BCUT2D eigenvalue weighted by atomic mass is 32.2. The molecule has 33 heavy (non-hydrogen) atoms. The Bertz CT molecular complexity index is 1310. The van der Waals surface area contributed by atoms with Gasteiger partial charge in [0.25, 0.3) is 15.9 Å². The molecule has 8 nitrogen and oxygen atoms in total. The largest absolute Gasteiger partial charge is 0.332 e. The van der Waals surface area contributed by atoms with Gasteiger partial charge < -0.3 is 10.2 Å². The number of pyridine rings is 1. The zero-order chi connectivity index (χ0) is 24.2. The van der Waals surface area contributed by atoms with Gasteiger partial charge in [-0.15, -0.1) is 0 Å². The van der Waals surface area contributed by atoms with Gasteiger partial charge in [0.15, 0.2) is 0 Å². The molecule has 0 saturated heterocycles. The third kappa shape index (κ3) is 5.92. The molecule has 0 atom stereocenters. The molecule has 10 heteroatoms. The number of rotatable bonds is 7. The highest BCUT2D eigenvalue weighted by Gasteiger charge is 2.22. The lowest BCUT2D eigenvalue weighted by Gasteiger charge is -2.19. The summed E-state index contributed by atoms with van der Waals surface area (Å²) < 4.78 is 41.6. The Morgan fingerprint density at radius 1 is 1.06 bits per heavy atom. The lowest BCUT2D eigenvalue weighted by atomic mass is 10.1. The predicted octanol–water partition coefficient (Wildman–Crippen LogP) is 3.35. The number of amides is 2. The molecule has 1 heterocycles. The number of anilines is 2. The molecule has 2 amide bonds. The van der Waals surface area contributed by atoms with Gasteiger partial charge in [-0.25, -0.2) is 17.8 Å². The number of para-hydroxylation sites is 1. The highest BCUT2D eigenvalue weighted by molar-refractivity contribution is 7.92. The monoisotopic (exact) mass is 470 g/mol. The lowest BCUT2D eigenvalue weighted by Crippen LogP contribution is -2.35. The van der Waals surface area contributed by atoms with Crippen LogP contribution in [0, 0.1) is 19.7 Å². The number of aryl methyl sites for hydroxylation is 2. The summed E-state index contributed by atoms with van der Waals surface area (Å²) in [6.07, 6.45) is 1.56. The van der Waals surface area contributed by atoms with Gasteiger partial charge in [0.05, 0.1) is 17.1 Å². The molecule has 0 saturated carbocycles. The number of sulfonamides is 1. The molecule has 0 bridgehead atoms. The van der Waals surface area contributed by atoms with Crippen LogP contribution in [0.3, 0.4) is 0 Å². The first-order valence-electron chi connectivity index (χ1n) is 9.93. The molecule has 0 spiro atoms. The standard InChI is InChI=1S/C23H23FN4O4S/c1-15-10-11-25-21(12-15)26-22(29)14-28(3)23(30)18-13-17(9-8-16(18)2)33(31,32)27-20-7-5-4-6-19(20)24/h4-13,27H,14H2,1-3H3,(H,25,26,29). The van der Waals surface area contributed by atoms with E-state index in [1.165, 1.54) is 48.3 Å². The van der Waals surface area contributed by atoms with Crippen molar-refractivity contribution in [2.24, 2.45) is 0 Å². The minimum absolute atomic E-state index is 0.107. The zero-order valence-electron chi connectivity index (χ0n) is 18.3. The normalized spacial score (nSPS) is 11.0. The van der Waals surface area contributed by atoms with E-state index in [9.17, 15) is 22.4 Å². The molecule has 0 aliphatic rings. The van der Waals surface area contributed by atoms with E-state index in [4.69, 9.17) is 0 Å². The van der Waals surface area contributed by atoms with Crippen molar-refractivity contribution >= 4 is 33.3 Å². The van der Waals surface area contributed by atoms with Gasteiger partial charge in [-0.05, 0) is 61.4 Å². The number of nitrogens with zero attached hydrogens (tertiary/aromatic N) is 2. The summed E-state index contributed by atoms with van der Waals surface area (Å²) in [5.41, 5.74) is 1.35. The summed E-state index contributed by atoms with van der Waals surface area (Å²) in [4.78, 5) is 30.3. The summed E-state index contributed by atoms with van der Waals surface area (Å²) in [6.45, 7) is 3.24. The van der Waals surface area contributed by atoms with E-state index in [0.717, 1.165) is 11.6 Å². The van der Waals surface area contributed by atoms with Crippen molar-refractivity contribution in [2.75, 3.05) is 23.6 Å². The summed E-state index contributed by atoms with van der Waals surface area (Å²) >= 11 is 0. The maximum absolute atomic E-state index is 13.9. The number of likely N-dealkylation sites (N-methyl/N-ethyl adjacent to an activating group) is 1. The number of carbonyl (C=O) groups is 2. The second-order valence-electron chi connectivity index (χ2n) is 7.49. The number of hydrogen-bond acceptors (Lipinski definition) is 5. The first-order valence-corrected chi connectivity index (χ1v) is 11.4. The maximum Gasteiger partial charge on any atom is 0.262 e. The molecular formula is C23H23FN4O4S. The van der Waals surface area contributed by atoms with Crippen molar-refractivity contribution < 1.29 is 22.4 Å². The van der Waals surface area contributed by atoms with Gasteiger partial charge in [-0.1, -0.05) is 18.2 Å². The molecule has 2 N–H and O–H groups in total. The third-order valence-corrected chi connectivity index (χ3v) is 6.14. The first-order chi connectivity index (χ1) is 15.6. The second kappa shape index (κ2) is 9.78. The van der Waals surface area contributed by atoms with E-state index >= 15 is 0 Å². The van der Waals surface area contributed by atoms with E-state index in [0.29, 0.717) is 11.4 Å². The van der Waals surface area contributed by atoms with Crippen molar-refractivity contribution in [2.45, 2.75) is 18.7 Å². The number of hydrogen-bond donors (Lipinski definition) is 2. The van der Waals surface area contributed by atoms with Gasteiger partial charge in [0.2, 0.25) is 5.91 Å². The minimum Gasteiger partial charge on any atom is -0.332 e. The molecule has 0 aliphatic heterocycles. The smallest absolute Gasteiger partial charge is 0.262 e. The van der Waals surface area contributed by atoms with E-state index in [-0.39, 0.29) is 22.7 Å². The van der Waals surface area contributed by atoms with E-state index in [1.54, 1.807) is 25.3 Å². The first kappa shape index (κ1) is 23.9. The van der Waals surface area contributed by atoms with Crippen molar-refractivity contribution in [1.82, 2.24) is 9.88 Å².